The van der Waals surface area contributed by atoms with E-state index in [0.29, 0.717) is 0 Å². The maximum absolute atomic E-state index is 13.9. The fourth-order valence-corrected chi connectivity index (χ4v) is 2.38. The van der Waals surface area contributed by atoms with Crippen molar-refractivity contribution in [3.8, 4) is 0 Å². The minimum Gasteiger partial charge on any atom is -0.309 e. The molecule has 0 fully saturated rings. The Morgan fingerprint density at radius 1 is 1.00 bits per heavy atom. The molecule has 2 aromatic rings. The number of benzene rings is 2. The van der Waals surface area contributed by atoms with Crippen LogP contribution in [0.2, 0.25) is 0 Å². The van der Waals surface area contributed by atoms with Gasteiger partial charge in [0.15, 0.2) is 0 Å². The van der Waals surface area contributed by atoms with Gasteiger partial charge in [-0.1, -0.05) is 37.3 Å². The Morgan fingerprint density at radius 3 is 2.21 bits per heavy atom. The van der Waals surface area contributed by atoms with E-state index in [1.54, 1.807) is 7.05 Å². The second-order valence-electron chi connectivity index (χ2n) is 4.41. The Balaban J connectivity index is 2.57. The predicted octanol–water partition coefficient (Wildman–Crippen LogP) is 3.84. The molecule has 0 bridgehead atoms. The predicted molar refractivity (Wildman–Crippen MR) is 73.1 cm³/mol. The second-order valence-corrected chi connectivity index (χ2v) is 4.41. The van der Waals surface area contributed by atoms with Crippen molar-refractivity contribution >= 4 is 0 Å². The zero-order valence-electron chi connectivity index (χ0n) is 11.1. The van der Waals surface area contributed by atoms with Crippen LogP contribution in [-0.2, 0) is 6.42 Å². The average Bonchev–Trinajstić information content (AvgIpc) is 2.43. The van der Waals surface area contributed by atoms with Gasteiger partial charge in [0, 0.05) is 5.56 Å². The highest BCUT2D eigenvalue weighted by atomic mass is 19.1. The van der Waals surface area contributed by atoms with Crippen molar-refractivity contribution in [1.29, 1.82) is 0 Å². The van der Waals surface area contributed by atoms with Gasteiger partial charge in [-0.05, 0) is 36.7 Å². The van der Waals surface area contributed by atoms with E-state index in [9.17, 15) is 8.78 Å². The third-order valence-corrected chi connectivity index (χ3v) is 3.32. The molecule has 2 aromatic carbocycles. The van der Waals surface area contributed by atoms with E-state index in [1.165, 1.54) is 18.2 Å². The van der Waals surface area contributed by atoms with Crippen LogP contribution in [0.5, 0.6) is 0 Å². The van der Waals surface area contributed by atoms with Crippen LogP contribution in [0.15, 0.2) is 42.5 Å². The summed E-state index contributed by atoms with van der Waals surface area (Å²) in [7, 11) is 1.71. The molecule has 0 aromatic heterocycles. The smallest absolute Gasteiger partial charge is 0.131 e. The highest BCUT2D eigenvalue weighted by Crippen LogP contribution is 2.29. The molecule has 0 amide bonds. The highest BCUT2D eigenvalue weighted by molar-refractivity contribution is 5.38. The van der Waals surface area contributed by atoms with Crippen LogP contribution in [0.25, 0.3) is 0 Å². The summed E-state index contributed by atoms with van der Waals surface area (Å²) >= 11 is 0. The molecular weight excluding hydrogens is 244 g/mol. The van der Waals surface area contributed by atoms with Crippen molar-refractivity contribution in [3.05, 3.63) is 70.8 Å². The van der Waals surface area contributed by atoms with E-state index in [0.717, 1.165) is 17.5 Å². The minimum atomic E-state index is -0.523. The molecule has 19 heavy (non-hydrogen) atoms. The highest BCUT2D eigenvalue weighted by Gasteiger charge is 2.21. The fourth-order valence-electron chi connectivity index (χ4n) is 2.38. The fraction of sp³-hybridized carbons (Fsp3) is 0.250. The summed E-state index contributed by atoms with van der Waals surface area (Å²) in [6.45, 7) is 2.03. The van der Waals surface area contributed by atoms with Crippen LogP contribution in [0.1, 0.15) is 29.7 Å². The lowest BCUT2D eigenvalue weighted by atomic mass is 9.93. The molecule has 0 saturated heterocycles. The van der Waals surface area contributed by atoms with Gasteiger partial charge in [-0.25, -0.2) is 8.78 Å². The molecule has 0 aliphatic carbocycles. The summed E-state index contributed by atoms with van der Waals surface area (Å²) < 4.78 is 27.9. The molecule has 100 valence electrons. The quantitative estimate of drug-likeness (QED) is 0.881. The molecule has 0 aliphatic heterocycles. The molecular formula is C16H17F2N. The van der Waals surface area contributed by atoms with Gasteiger partial charge in [0.2, 0.25) is 0 Å². The third-order valence-electron chi connectivity index (χ3n) is 3.32. The van der Waals surface area contributed by atoms with Gasteiger partial charge in [0.1, 0.15) is 11.6 Å². The zero-order valence-corrected chi connectivity index (χ0v) is 11.1. The van der Waals surface area contributed by atoms with Gasteiger partial charge in [-0.3, -0.25) is 0 Å². The van der Waals surface area contributed by atoms with Gasteiger partial charge in [-0.2, -0.15) is 0 Å². The molecule has 0 radical (unpaired) electrons. The third kappa shape index (κ3) is 2.66. The molecule has 0 heterocycles. The van der Waals surface area contributed by atoms with Gasteiger partial charge < -0.3 is 5.32 Å². The van der Waals surface area contributed by atoms with Crippen LogP contribution in [0.4, 0.5) is 8.78 Å². The monoisotopic (exact) mass is 261 g/mol. The number of aryl methyl sites for hydroxylation is 1. The summed E-state index contributed by atoms with van der Waals surface area (Å²) in [6.07, 6.45) is 0.824. The molecule has 0 saturated carbocycles. The SMILES string of the molecule is CCc1ccccc1C(NC)c1c(F)cccc1F. The standard InChI is InChI=1S/C16H17F2N/c1-3-11-7-4-5-8-12(11)16(19-2)15-13(17)9-6-10-14(15)18/h4-10,16,19H,3H2,1-2H3. The number of rotatable bonds is 4. The Morgan fingerprint density at radius 2 is 1.63 bits per heavy atom. The number of nitrogens with one attached hydrogen (secondary N) is 1. The van der Waals surface area contributed by atoms with Crippen molar-refractivity contribution in [1.82, 2.24) is 5.32 Å². The summed E-state index contributed by atoms with van der Waals surface area (Å²) in [4.78, 5) is 0. The van der Waals surface area contributed by atoms with Gasteiger partial charge in [-0.15, -0.1) is 0 Å². The molecule has 3 heteroatoms. The average molecular weight is 261 g/mol. The van der Waals surface area contributed by atoms with E-state index < -0.39 is 17.7 Å². The van der Waals surface area contributed by atoms with Crippen molar-refractivity contribution < 1.29 is 8.78 Å². The van der Waals surface area contributed by atoms with Crippen molar-refractivity contribution in [2.45, 2.75) is 19.4 Å². The summed E-state index contributed by atoms with van der Waals surface area (Å²) in [5.74, 6) is -1.05. The normalized spacial score (nSPS) is 12.4. The Bertz CT molecular complexity index is 546. The summed E-state index contributed by atoms with van der Waals surface area (Å²) in [5, 5.41) is 3.01. The Hall–Kier alpha value is -1.74. The zero-order chi connectivity index (χ0) is 13.8. The van der Waals surface area contributed by atoms with Crippen molar-refractivity contribution in [2.24, 2.45) is 0 Å². The maximum atomic E-state index is 13.9. The molecule has 1 atom stereocenters. The Kier molecular flexibility index (Phi) is 4.27. The molecule has 0 spiro atoms. The first-order valence-electron chi connectivity index (χ1n) is 6.38. The first-order chi connectivity index (χ1) is 9.19. The first kappa shape index (κ1) is 13.7. The van der Waals surface area contributed by atoms with E-state index in [2.05, 4.69) is 5.32 Å². The number of halogens is 2. The summed E-state index contributed by atoms with van der Waals surface area (Å²) in [6, 6.07) is 11.2. The first-order valence-corrected chi connectivity index (χ1v) is 6.38. The molecule has 1 unspecified atom stereocenters. The van der Waals surface area contributed by atoms with E-state index in [4.69, 9.17) is 0 Å². The van der Waals surface area contributed by atoms with Crippen LogP contribution >= 0.6 is 0 Å². The van der Waals surface area contributed by atoms with Crippen LogP contribution in [0, 0.1) is 11.6 Å². The molecule has 0 aliphatic rings. The lowest BCUT2D eigenvalue weighted by Gasteiger charge is -2.21. The van der Waals surface area contributed by atoms with Gasteiger partial charge in [0.05, 0.1) is 6.04 Å². The number of hydrogen-bond donors (Lipinski definition) is 1. The molecule has 1 nitrogen and oxygen atoms in total. The second kappa shape index (κ2) is 5.93. The summed E-state index contributed by atoms with van der Waals surface area (Å²) in [5.41, 5.74) is 2.08. The lowest BCUT2D eigenvalue weighted by Crippen LogP contribution is -2.21. The number of hydrogen-bond acceptors (Lipinski definition) is 1. The van der Waals surface area contributed by atoms with Crippen molar-refractivity contribution in [3.63, 3.8) is 0 Å². The van der Waals surface area contributed by atoms with E-state index in [1.807, 2.05) is 31.2 Å². The van der Waals surface area contributed by atoms with Gasteiger partial charge >= 0.3 is 0 Å². The van der Waals surface area contributed by atoms with E-state index in [-0.39, 0.29) is 5.56 Å². The van der Waals surface area contributed by atoms with Gasteiger partial charge in [0.25, 0.3) is 0 Å². The topological polar surface area (TPSA) is 12.0 Å². The maximum Gasteiger partial charge on any atom is 0.131 e. The molecule has 1 N–H and O–H groups in total. The lowest BCUT2D eigenvalue weighted by molar-refractivity contribution is 0.521. The molecule has 2 rings (SSSR count). The van der Waals surface area contributed by atoms with Crippen LogP contribution in [-0.4, -0.2) is 7.05 Å². The Labute approximate surface area is 112 Å². The van der Waals surface area contributed by atoms with Crippen LogP contribution < -0.4 is 5.32 Å². The minimum absolute atomic E-state index is 0.0749. The van der Waals surface area contributed by atoms with Crippen LogP contribution in [0.3, 0.4) is 0 Å². The largest absolute Gasteiger partial charge is 0.309 e. The van der Waals surface area contributed by atoms with Crippen molar-refractivity contribution in [2.75, 3.05) is 7.05 Å². The van der Waals surface area contributed by atoms with E-state index >= 15 is 0 Å².